The summed E-state index contributed by atoms with van der Waals surface area (Å²) in [6, 6.07) is 4.50. The van der Waals surface area contributed by atoms with Crippen LogP contribution in [0.4, 0.5) is 0 Å². The Morgan fingerprint density at radius 3 is 2.71 bits per heavy atom. The summed E-state index contributed by atoms with van der Waals surface area (Å²) in [4.78, 5) is 2.62. The monoisotopic (exact) mass is 425 g/mol. The molecule has 0 unspecified atom stereocenters. The van der Waals surface area contributed by atoms with Crippen molar-refractivity contribution in [1.29, 1.82) is 0 Å². The molecule has 4 bridgehead atoms. The Hall–Kier alpha value is -1.30. The molecule has 0 radical (unpaired) electrons. The van der Waals surface area contributed by atoms with E-state index in [0.717, 1.165) is 38.0 Å². The summed E-state index contributed by atoms with van der Waals surface area (Å²) in [6.45, 7) is 10.6. The SMILES string of the molecule is CN1CC[C@]23c4c5ccc(O)c4O[C@H]2[C@@]24CC[C@@]3(C[C@@H]2[C@@](C)(C(C)(C)C)OCO4)[C@H]1C5. The molecule has 168 valence electrons. The minimum absolute atomic E-state index is 0.00976. The number of hydrogen-bond donors (Lipinski definition) is 1. The Morgan fingerprint density at radius 1 is 1.13 bits per heavy atom. The van der Waals surface area contributed by atoms with Gasteiger partial charge in [0, 0.05) is 28.4 Å². The van der Waals surface area contributed by atoms with E-state index in [9.17, 15) is 5.11 Å². The van der Waals surface area contributed by atoms with Crippen LogP contribution >= 0.6 is 0 Å². The number of aromatic hydroxyl groups is 1. The molecule has 7 aliphatic rings. The van der Waals surface area contributed by atoms with Crippen molar-refractivity contribution in [2.24, 2.45) is 16.7 Å². The van der Waals surface area contributed by atoms with Crippen LogP contribution in [0.25, 0.3) is 0 Å². The fraction of sp³-hybridized carbons (Fsp3) is 0.769. The highest BCUT2D eigenvalue weighted by Crippen LogP contribution is 2.78. The van der Waals surface area contributed by atoms with E-state index in [2.05, 4.69) is 45.7 Å². The molecule has 3 spiro atoms. The number of ether oxygens (including phenoxy) is 3. The normalized spacial score (nSPS) is 49.4. The van der Waals surface area contributed by atoms with Gasteiger partial charge in [-0.25, -0.2) is 0 Å². The number of rotatable bonds is 0. The molecule has 8 rings (SSSR count). The van der Waals surface area contributed by atoms with Gasteiger partial charge in [0.1, 0.15) is 18.5 Å². The first-order valence-corrected chi connectivity index (χ1v) is 12.1. The number of benzene rings is 1. The van der Waals surface area contributed by atoms with E-state index in [1.165, 1.54) is 17.5 Å². The van der Waals surface area contributed by atoms with E-state index in [-0.39, 0.29) is 39.5 Å². The fourth-order valence-corrected chi connectivity index (χ4v) is 9.32. The first-order valence-electron chi connectivity index (χ1n) is 12.1. The van der Waals surface area contributed by atoms with Crippen LogP contribution in [0.1, 0.15) is 64.5 Å². The maximum absolute atomic E-state index is 10.9. The van der Waals surface area contributed by atoms with Crippen LogP contribution in [0.2, 0.25) is 0 Å². The van der Waals surface area contributed by atoms with Crippen LogP contribution in [0.3, 0.4) is 0 Å². The molecule has 3 heterocycles. The minimum Gasteiger partial charge on any atom is -0.504 e. The van der Waals surface area contributed by atoms with Crippen molar-refractivity contribution in [3.63, 3.8) is 0 Å². The predicted octanol–water partition coefficient (Wildman–Crippen LogP) is 4.00. The Morgan fingerprint density at radius 2 is 1.94 bits per heavy atom. The average molecular weight is 426 g/mol. The second kappa shape index (κ2) is 5.26. The van der Waals surface area contributed by atoms with Gasteiger partial charge in [0.25, 0.3) is 0 Å². The zero-order valence-electron chi connectivity index (χ0n) is 19.5. The molecular formula is C26H35NO4. The van der Waals surface area contributed by atoms with Crippen LogP contribution in [0.5, 0.6) is 11.5 Å². The minimum atomic E-state index is -0.359. The fourth-order valence-electron chi connectivity index (χ4n) is 9.32. The van der Waals surface area contributed by atoms with Gasteiger partial charge in [-0.1, -0.05) is 26.8 Å². The highest BCUT2D eigenvalue weighted by molar-refractivity contribution is 5.63. The van der Waals surface area contributed by atoms with Crippen LogP contribution in [-0.2, 0) is 21.3 Å². The first kappa shape index (κ1) is 19.2. The zero-order chi connectivity index (χ0) is 21.6. The second-order valence-electron chi connectivity index (χ2n) is 12.5. The third-order valence-electron chi connectivity index (χ3n) is 11.1. The number of piperidine rings is 1. The van der Waals surface area contributed by atoms with Crippen molar-refractivity contribution in [3.8, 4) is 11.5 Å². The van der Waals surface area contributed by atoms with Crippen molar-refractivity contribution in [2.75, 3.05) is 20.4 Å². The maximum Gasteiger partial charge on any atom is 0.165 e. The molecule has 31 heavy (non-hydrogen) atoms. The summed E-state index contributed by atoms with van der Waals surface area (Å²) < 4.78 is 20.1. The van der Waals surface area contributed by atoms with Crippen LogP contribution in [-0.4, -0.2) is 53.7 Å². The Balaban J connectivity index is 1.53. The number of hydrogen-bond acceptors (Lipinski definition) is 5. The van der Waals surface area contributed by atoms with E-state index in [4.69, 9.17) is 14.2 Å². The van der Waals surface area contributed by atoms with E-state index in [1.807, 2.05) is 6.07 Å². The molecule has 3 aliphatic heterocycles. The van der Waals surface area contributed by atoms with Gasteiger partial charge in [0.05, 0.1) is 5.60 Å². The number of phenols is 1. The van der Waals surface area contributed by atoms with Crippen molar-refractivity contribution in [1.82, 2.24) is 4.90 Å². The molecule has 1 aromatic carbocycles. The highest BCUT2D eigenvalue weighted by Gasteiger charge is 2.83. The molecule has 5 fully saturated rings. The molecule has 3 saturated carbocycles. The van der Waals surface area contributed by atoms with Gasteiger partial charge in [-0.15, -0.1) is 0 Å². The summed E-state index contributed by atoms with van der Waals surface area (Å²) in [5.41, 5.74) is 2.13. The van der Waals surface area contributed by atoms with Gasteiger partial charge in [-0.2, -0.15) is 0 Å². The lowest BCUT2D eigenvalue weighted by Gasteiger charge is -2.76. The molecule has 0 aromatic heterocycles. The first-order chi connectivity index (χ1) is 14.6. The zero-order valence-corrected chi connectivity index (χ0v) is 19.5. The summed E-state index contributed by atoms with van der Waals surface area (Å²) in [5, 5.41) is 10.9. The lowest BCUT2D eigenvalue weighted by atomic mass is 9.33. The van der Waals surface area contributed by atoms with Crippen LogP contribution < -0.4 is 4.74 Å². The second-order valence-corrected chi connectivity index (χ2v) is 12.5. The van der Waals surface area contributed by atoms with E-state index in [0.29, 0.717) is 18.6 Å². The number of fused-ring (bicyclic) bond motifs is 1. The number of phenolic OH excluding ortho intramolecular Hbond substituents is 1. The van der Waals surface area contributed by atoms with Crippen molar-refractivity contribution >= 4 is 0 Å². The lowest BCUT2D eigenvalue weighted by molar-refractivity contribution is -0.389. The smallest absolute Gasteiger partial charge is 0.165 e. The third-order valence-corrected chi connectivity index (χ3v) is 11.1. The molecule has 5 heteroatoms. The standard InChI is InChI=1S/C26H35NO4/c1-22(2,3)23(4)17-13-24-8-9-26(17,30-14-29-23)21-25(24)10-11-27(5)18(24)12-15-6-7-16(28)20(31-21)19(15)25/h6-7,17-18,21,28H,8-14H2,1-5H3/t17-,18-,21-,23+,24-,25+,26-/m1/s1. The molecule has 7 atom stereocenters. The molecule has 1 N–H and O–H groups in total. The Labute approximate surface area is 185 Å². The molecular weight excluding hydrogens is 390 g/mol. The van der Waals surface area contributed by atoms with Crippen molar-refractivity contribution < 1.29 is 19.3 Å². The molecule has 4 aliphatic carbocycles. The van der Waals surface area contributed by atoms with Crippen LogP contribution in [0, 0.1) is 16.7 Å². The summed E-state index contributed by atoms with van der Waals surface area (Å²) >= 11 is 0. The van der Waals surface area contributed by atoms with Gasteiger partial charge in [0.15, 0.2) is 11.5 Å². The summed E-state index contributed by atoms with van der Waals surface area (Å²) in [5.74, 6) is 1.32. The Kier molecular flexibility index (Phi) is 3.26. The maximum atomic E-state index is 10.9. The third kappa shape index (κ3) is 1.76. The van der Waals surface area contributed by atoms with Gasteiger partial charge in [-0.3, -0.25) is 0 Å². The molecule has 1 aromatic rings. The predicted molar refractivity (Wildman–Crippen MR) is 116 cm³/mol. The summed E-state index contributed by atoms with van der Waals surface area (Å²) in [7, 11) is 2.32. The molecule has 2 saturated heterocycles. The molecule has 5 nitrogen and oxygen atoms in total. The van der Waals surface area contributed by atoms with Crippen molar-refractivity contribution in [2.45, 2.75) is 88.6 Å². The quantitative estimate of drug-likeness (QED) is 0.681. The largest absolute Gasteiger partial charge is 0.504 e. The highest BCUT2D eigenvalue weighted by atomic mass is 16.7. The lowest BCUT2D eigenvalue weighted by Crippen LogP contribution is -2.84. The number of likely N-dealkylation sites (N-methyl/N-ethyl adjacent to an activating group) is 1. The summed E-state index contributed by atoms with van der Waals surface area (Å²) in [6.07, 6.45) is 5.39. The van der Waals surface area contributed by atoms with Gasteiger partial charge >= 0.3 is 0 Å². The van der Waals surface area contributed by atoms with Crippen LogP contribution in [0.15, 0.2) is 12.1 Å². The van der Waals surface area contributed by atoms with E-state index < -0.39 is 0 Å². The van der Waals surface area contributed by atoms with Gasteiger partial charge < -0.3 is 24.2 Å². The molecule has 0 amide bonds. The van der Waals surface area contributed by atoms with E-state index >= 15 is 0 Å². The van der Waals surface area contributed by atoms with E-state index in [1.54, 1.807) is 0 Å². The Bertz CT molecular complexity index is 1000. The number of likely N-dealkylation sites (tertiary alicyclic amines) is 1. The van der Waals surface area contributed by atoms with Gasteiger partial charge in [0.2, 0.25) is 0 Å². The van der Waals surface area contributed by atoms with Crippen molar-refractivity contribution in [3.05, 3.63) is 23.3 Å². The topological polar surface area (TPSA) is 51.2 Å². The van der Waals surface area contributed by atoms with Gasteiger partial charge in [-0.05, 0) is 69.7 Å². The average Bonchev–Trinajstić information content (AvgIpc) is 3.09. The number of nitrogens with zero attached hydrogens (tertiary/aromatic N) is 1.